The van der Waals surface area contributed by atoms with Gasteiger partial charge in [0, 0.05) is 5.56 Å². The van der Waals surface area contributed by atoms with Crippen molar-refractivity contribution in [1.82, 2.24) is 19.6 Å². The van der Waals surface area contributed by atoms with E-state index in [-0.39, 0.29) is 17.8 Å². The molecule has 0 aromatic carbocycles. The molecule has 0 aliphatic heterocycles. The Labute approximate surface area is 86.9 Å². The minimum atomic E-state index is -4.60. The van der Waals surface area contributed by atoms with Crippen LogP contribution in [0.3, 0.4) is 0 Å². The summed E-state index contributed by atoms with van der Waals surface area (Å²) in [5.74, 6) is -0.213. The standard InChI is InChI=1S/C8H7F3N4O/c1-2-4-5(8(9,10)11)14-7-12-3-13-15(7)6(4)16/h3H,2H2,1H3,(H,12,13,14). The van der Waals surface area contributed by atoms with Crippen LogP contribution in [-0.4, -0.2) is 19.6 Å². The predicted molar refractivity (Wildman–Crippen MR) is 48.0 cm³/mol. The molecule has 8 heteroatoms. The second kappa shape index (κ2) is 3.32. The van der Waals surface area contributed by atoms with Gasteiger partial charge in [-0.1, -0.05) is 6.92 Å². The first-order valence-corrected chi connectivity index (χ1v) is 4.47. The van der Waals surface area contributed by atoms with Gasteiger partial charge in [0.15, 0.2) is 0 Å². The number of nitrogens with one attached hydrogen (secondary N) is 1. The molecular weight excluding hydrogens is 225 g/mol. The van der Waals surface area contributed by atoms with E-state index in [1.54, 1.807) is 0 Å². The van der Waals surface area contributed by atoms with Crippen molar-refractivity contribution in [2.75, 3.05) is 0 Å². The molecule has 2 aromatic heterocycles. The Morgan fingerprint density at radius 2 is 2.19 bits per heavy atom. The summed E-state index contributed by atoms with van der Waals surface area (Å²) in [4.78, 5) is 17.2. The van der Waals surface area contributed by atoms with Crippen LogP contribution in [0.25, 0.3) is 5.78 Å². The Kier molecular flexibility index (Phi) is 2.21. The van der Waals surface area contributed by atoms with Crippen LogP contribution >= 0.6 is 0 Å². The Balaban J connectivity index is 2.88. The van der Waals surface area contributed by atoms with Crippen LogP contribution in [-0.2, 0) is 12.6 Å². The van der Waals surface area contributed by atoms with E-state index >= 15 is 0 Å². The summed E-state index contributed by atoms with van der Waals surface area (Å²) < 4.78 is 38.7. The van der Waals surface area contributed by atoms with Gasteiger partial charge in [-0.15, -0.1) is 0 Å². The highest BCUT2D eigenvalue weighted by molar-refractivity contribution is 5.32. The minimum Gasteiger partial charge on any atom is -0.319 e. The molecule has 0 radical (unpaired) electrons. The van der Waals surface area contributed by atoms with E-state index in [4.69, 9.17) is 0 Å². The van der Waals surface area contributed by atoms with Gasteiger partial charge in [-0.2, -0.15) is 27.8 Å². The molecule has 0 atom stereocenters. The van der Waals surface area contributed by atoms with Crippen molar-refractivity contribution in [2.24, 2.45) is 0 Å². The highest BCUT2D eigenvalue weighted by atomic mass is 19.4. The Morgan fingerprint density at radius 3 is 2.75 bits per heavy atom. The Morgan fingerprint density at radius 1 is 1.50 bits per heavy atom. The van der Waals surface area contributed by atoms with Crippen LogP contribution in [0.1, 0.15) is 18.2 Å². The van der Waals surface area contributed by atoms with Gasteiger partial charge in [0.05, 0.1) is 0 Å². The third-order valence-electron chi connectivity index (χ3n) is 2.17. The van der Waals surface area contributed by atoms with Crippen molar-refractivity contribution < 1.29 is 13.2 Å². The predicted octanol–water partition coefficient (Wildman–Crippen LogP) is 0.999. The lowest BCUT2D eigenvalue weighted by molar-refractivity contribution is -0.141. The molecular formula is C8H7F3N4O. The molecule has 0 unspecified atom stereocenters. The maximum Gasteiger partial charge on any atom is 0.431 e. The number of aromatic amines is 1. The van der Waals surface area contributed by atoms with Crippen molar-refractivity contribution in [3.8, 4) is 0 Å². The molecule has 0 saturated heterocycles. The first-order valence-electron chi connectivity index (χ1n) is 4.47. The van der Waals surface area contributed by atoms with Crippen molar-refractivity contribution in [3.05, 3.63) is 27.9 Å². The van der Waals surface area contributed by atoms with Crippen LogP contribution in [0.2, 0.25) is 0 Å². The van der Waals surface area contributed by atoms with Crippen LogP contribution < -0.4 is 5.56 Å². The molecule has 0 bridgehead atoms. The van der Waals surface area contributed by atoms with Gasteiger partial charge in [0.2, 0.25) is 5.78 Å². The molecule has 1 N–H and O–H groups in total. The number of nitrogens with zero attached hydrogens (tertiary/aromatic N) is 3. The van der Waals surface area contributed by atoms with E-state index in [0.717, 1.165) is 10.8 Å². The third kappa shape index (κ3) is 1.46. The minimum absolute atomic E-state index is 0.0278. The van der Waals surface area contributed by atoms with Gasteiger partial charge in [0.25, 0.3) is 5.56 Å². The molecule has 16 heavy (non-hydrogen) atoms. The van der Waals surface area contributed by atoms with Gasteiger partial charge in [0.1, 0.15) is 12.0 Å². The summed E-state index contributed by atoms with van der Waals surface area (Å²) >= 11 is 0. The van der Waals surface area contributed by atoms with Crippen molar-refractivity contribution in [3.63, 3.8) is 0 Å². The fourth-order valence-corrected chi connectivity index (χ4v) is 1.47. The summed E-state index contributed by atoms with van der Waals surface area (Å²) in [5.41, 5.74) is -2.19. The fourth-order valence-electron chi connectivity index (χ4n) is 1.47. The Bertz CT molecular complexity index is 583. The largest absolute Gasteiger partial charge is 0.431 e. The normalized spacial score (nSPS) is 12.2. The first-order chi connectivity index (χ1) is 7.45. The van der Waals surface area contributed by atoms with Crippen LogP contribution in [0, 0.1) is 0 Å². The van der Waals surface area contributed by atoms with Gasteiger partial charge >= 0.3 is 6.18 Å². The quantitative estimate of drug-likeness (QED) is 0.797. The van der Waals surface area contributed by atoms with E-state index < -0.39 is 17.4 Å². The van der Waals surface area contributed by atoms with E-state index in [9.17, 15) is 18.0 Å². The number of halogens is 3. The number of fused-ring (bicyclic) bond motifs is 1. The first kappa shape index (κ1) is 10.7. The SMILES string of the molecule is CCc1c(C(F)(F)F)[nH]c2ncnn2c1=O. The van der Waals surface area contributed by atoms with E-state index in [1.165, 1.54) is 6.92 Å². The molecule has 0 aliphatic rings. The molecule has 0 spiro atoms. The van der Waals surface area contributed by atoms with Crippen LogP contribution in [0.4, 0.5) is 13.2 Å². The lowest BCUT2D eigenvalue weighted by Gasteiger charge is -2.10. The number of alkyl halides is 3. The topological polar surface area (TPSA) is 63.1 Å². The fraction of sp³-hybridized carbons (Fsp3) is 0.375. The number of H-pyrrole nitrogens is 1. The molecule has 0 amide bonds. The molecule has 0 fully saturated rings. The van der Waals surface area contributed by atoms with E-state index in [1.807, 2.05) is 0 Å². The third-order valence-corrected chi connectivity index (χ3v) is 2.17. The van der Waals surface area contributed by atoms with Gasteiger partial charge in [-0.05, 0) is 6.42 Å². The second-order valence-electron chi connectivity index (χ2n) is 3.13. The lowest BCUT2D eigenvalue weighted by Crippen LogP contribution is -2.26. The number of hydrogen-bond acceptors (Lipinski definition) is 3. The highest BCUT2D eigenvalue weighted by Crippen LogP contribution is 2.29. The lowest BCUT2D eigenvalue weighted by atomic mass is 10.2. The highest BCUT2D eigenvalue weighted by Gasteiger charge is 2.36. The molecule has 2 heterocycles. The average molecular weight is 232 g/mol. The average Bonchev–Trinajstić information content (AvgIpc) is 2.64. The van der Waals surface area contributed by atoms with E-state index in [0.29, 0.717) is 0 Å². The molecule has 2 aromatic rings. The summed E-state index contributed by atoms with van der Waals surface area (Å²) in [6, 6.07) is 0. The van der Waals surface area contributed by atoms with Crippen molar-refractivity contribution in [1.29, 1.82) is 0 Å². The van der Waals surface area contributed by atoms with Crippen LogP contribution in [0.15, 0.2) is 11.1 Å². The van der Waals surface area contributed by atoms with Crippen molar-refractivity contribution >= 4 is 5.78 Å². The molecule has 2 rings (SSSR count). The van der Waals surface area contributed by atoms with Gasteiger partial charge in [-0.25, -0.2) is 0 Å². The zero-order valence-electron chi connectivity index (χ0n) is 8.17. The zero-order chi connectivity index (χ0) is 11.9. The summed E-state index contributed by atoms with van der Waals surface area (Å²) in [5, 5.41) is 3.54. The molecule has 0 aliphatic carbocycles. The number of rotatable bonds is 1. The van der Waals surface area contributed by atoms with E-state index in [2.05, 4.69) is 15.1 Å². The van der Waals surface area contributed by atoms with Gasteiger partial charge < -0.3 is 4.98 Å². The van der Waals surface area contributed by atoms with Crippen LogP contribution in [0.5, 0.6) is 0 Å². The second-order valence-corrected chi connectivity index (χ2v) is 3.13. The summed E-state index contributed by atoms with van der Waals surface area (Å²) in [6.45, 7) is 1.47. The smallest absolute Gasteiger partial charge is 0.319 e. The number of aromatic nitrogens is 4. The van der Waals surface area contributed by atoms with Crippen molar-refractivity contribution in [2.45, 2.75) is 19.5 Å². The summed E-state index contributed by atoms with van der Waals surface area (Å²) in [7, 11) is 0. The molecule has 86 valence electrons. The monoisotopic (exact) mass is 232 g/mol. The number of hydrogen-bond donors (Lipinski definition) is 1. The zero-order valence-corrected chi connectivity index (χ0v) is 8.17. The van der Waals surface area contributed by atoms with Gasteiger partial charge in [-0.3, -0.25) is 4.79 Å². The molecule has 5 nitrogen and oxygen atoms in total. The Hall–Kier alpha value is -1.86. The summed E-state index contributed by atoms with van der Waals surface area (Å²) in [6.07, 6.45) is -3.61. The molecule has 0 saturated carbocycles. The maximum atomic E-state index is 12.6. The maximum absolute atomic E-state index is 12.6.